The first-order chi connectivity index (χ1) is 12.6. The zero-order valence-corrected chi connectivity index (χ0v) is 16.1. The SMILES string of the molecule is CC(C(=O)O)N(Cc1ccccc1)C(=O)c1ccc(C2SCCS2)cc1. The van der Waals surface area contributed by atoms with Gasteiger partial charge in [-0.05, 0) is 30.2 Å². The van der Waals surface area contributed by atoms with Crippen LogP contribution >= 0.6 is 23.5 Å². The number of aliphatic carboxylic acids is 1. The van der Waals surface area contributed by atoms with E-state index in [0.717, 1.165) is 17.1 Å². The van der Waals surface area contributed by atoms with Gasteiger partial charge in [0.05, 0.1) is 4.58 Å². The molecule has 0 radical (unpaired) electrons. The summed E-state index contributed by atoms with van der Waals surface area (Å²) in [6.45, 7) is 1.81. The van der Waals surface area contributed by atoms with Crippen molar-refractivity contribution in [2.75, 3.05) is 11.5 Å². The van der Waals surface area contributed by atoms with Crippen LogP contribution < -0.4 is 0 Å². The van der Waals surface area contributed by atoms with Gasteiger partial charge in [-0.1, -0.05) is 42.5 Å². The van der Waals surface area contributed by atoms with E-state index in [-0.39, 0.29) is 12.5 Å². The van der Waals surface area contributed by atoms with Gasteiger partial charge in [-0.25, -0.2) is 4.79 Å². The van der Waals surface area contributed by atoms with E-state index in [9.17, 15) is 14.7 Å². The number of thioether (sulfide) groups is 2. The van der Waals surface area contributed by atoms with Gasteiger partial charge in [-0.2, -0.15) is 0 Å². The highest BCUT2D eigenvalue weighted by Gasteiger charge is 2.27. The number of carboxylic acid groups (broad SMARTS) is 1. The van der Waals surface area contributed by atoms with Crippen molar-refractivity contribution < 1.29 is 14.7 Å². The topological polar surface area (TPSA) is 57.6 Å². The standard InChI is InChI=1S/C20H21NO3S2/c1-14(19(23)24)21(13-15-5-3-2-4-6-15)18(22)16-7-9-17(10-8-16)20-25-11-12-26-20/h2-10,14,20H,11-13H2,1H3,(H,23,24). The predicted molar refractivity (Wildman–Crippen MR) is 108 cm³/mol. The molecule has 0 bridgehead atoms. The van der Waals surface area contributed by atoms with E-state index in [1.54, 1.807) is 6.92 Å². The van der Waals surface area contributed by atoms with Crippen LogP contribution in [0.15, 0.2) is 54.6 Å². The van der Waals surface area contributed by atoms with Crippen molar-refractivity contribution in [3.63, 3.8) is 0 Å². The maximum absolute atomic E-state index is 13.0. The van der Waals surface area contributed by atoms with Crippen LogP contribution in [0.3, 0.4) is 0 Å². The molecule has 0 aromatic heterocycles. The maximum Gasteiger partial charge on any atom is 0.326 e. The molecule has 1 aliphatic rings. The van der Waals surface area contributed by atoms with Crippen LogP contribution in [0.4, 0.5) is 0 Å². The fourth-order valence-corrected chi connectivity index (χ4v) is 5.66. The average Bonchev–Trinajstić information content (AvgIpc) is 3.21. The molecular formula is C20H21NO3S2. The molecule has 3 rings (SSSR count). The molecule has 1 fully saturated rings. The van der Waals surface area contributed by atoms with E-state index in [1.807, 2.05) is 78.1 Å². The first-order valence-corrected chi connectivity index (χ1v) is 10.6. The molecule has 26 heavy (non-hydrogen) atoms. The van der Waals surface area contributed by atoms with Crippen molar-refractivity contribution in [3.8, 4) is 0 Å². The van der Waals surface area contributed by atoms with Gasteiger partial charge in [-0.3, -0.25) is 4.79 Å². The number of carbonyl (C=O) groups is 2. The van der Waals surface area contributed by atoms with Gasteiger partial charge in [0.1, 0.15) is 6.04 Å². The van der Waals surface area contributed by atoms with Crippen LogP contribution in [0.2, 0.25) is 0 Å². The summed E-state index contributed by atoms with van der Waals surface area (Å²) in [6, 6.07) is 16.1. The second-order valence-electron chi connectivity index (χ2n) is 6.13. The third-order valence-electron chi connectivity index (χ3n) is 4.33. The summed E-state index contributed by atoms with van der Waals surface area (Å²) >= 11 is 3.83. The number of benzene rings is 2. The first-order valence-electron chi connectivity index (χ1n) is 8.47. The zero-order chi connectivity index (χ0) is 18.5. The van der Waals surface area contributed by atoms with Crippen LogP contribution in [-0.2, 0) is 11.3 Å². The smallest absolute Gasteiger partial charge is 0.326 e. The summed E-state index contributed by atoms with van der Waals surface area (Å²) in [7, 11) is 0. The number of amides is 1. The summed E-state index contributed by atoms with van der Waals surface area (Å²) in [5.41, 5.74) is 2.63. The third kappa shape index (κ3) is 4.43. The van der Waals surface area contributed by atoms with Crippen LogP contribution in [0.5, 0.6) is 0 Å². The largest absolute Gasteiger partial charge is 0.480 e. The molecule has 1 N–H and O–H groups in total. The lowest BCUT2D eigenvalue weighted by atomic mass is 10.1. The Morgan fingerprint density at radius 3 is 2.27 bits per heavy atom. The Kier molecular flexibility index (Phi) is 6.27. The van der Waals surface area contributed by atoms with Gasteiger partial charge >= 0.3 is 5.97 Å². The molecule has 1 amide bonds. The Bertz CT molecular complexity index is 758. The minimum Gasteiger partial charge on any atom is -0.480 e. The fourth-order valence-electron chi connectivity index (χ4n) is 2.80. The minimum atomic E-state index is -1.01. The van der Waals surface area contributed by atoms with Crippen molar-refractivity contribution in [1.29, 1.82) is 0 Å². The number of rotatable bonds is 6. The van der Waals surface area contributed by atoms with Gasteiger partial charge in [0.25, 0.3) is 5.91 Å². The van der Waals surface area contributed by atoms with Crippen LogP contribution in [0, 0.1) is 0 Å². The minimum absolute atomic E-state index is 0.262. The molecule has 1 heterocycles. The van der Waals surface area contributed by atoms with E-state index in [2.05, 4.69) is 0 Å². The van der Waals surface area contributed by atoms with E-state index in [4.69, 9.17) is 0 Å². The molecule has 1 aliphatic heterocycles. The molecule has 2 aromatic carbocycles. The molecule has 1 saturated heterocycles. The summed E-state index contributed by atoms with van der Waals surface area (Å²) in [6.07, 6.45) is 0. The number of carboxylic acids is 1. The summed E-state index contributed by atoms with van der Waals surface area (Å²) < 4.78 is 0.428. The monoisotopic (exact) mass is 387 g/mol. The third-order valence-corrected chi connectivity index (χ3v) is 7.44. The lowest BCUT2D eigenvalue weighted by Crippen LogP contribution is -2.42. The van der Waals surface area contributed by atoms with E-state index < -0.39 is 12.0 Å². The molecular weight excluding hydrogens is 366 g/mol. The van der Waals surface area contributed by atoms with Crippen LogP contribution in [0.25, 0.3) is 0 Å². The fraction of sp³-hybridized carbons (Fsp3) is 0.300. The second kappa shape index (κ2) is 8.64. The van der Waals surface area contributed by atoms with E-state index in [0.29, 0.717) is 10.1 Å². The lowest BCUT2D eigenvalue weighted by molar-refractivity contribution is -0.141. The molecule has 2 aromatic rings. The Hall–Kier alpha value is -1.92. The van der Waals surface area contributed by atoms with Gasteiger partial charge in [0, 0.05) is 23.6 Å². The molecule has 0 spiro atoms. The van der Waals surface area contributed by atoms with Gasteiger partial charge in [0.15, 0.2) is 0 Å². The molecule has 4 nitrogen and oxygen atoms in total. The normalized spacial score (nSPS) is 15.6. The molecule has 6 heteroatoms. The predicted octanol–water partition coefficient (Wildman–Crippen LogP) is 4.28. The Morgan fingerprint density at radius 2 is 1.69 bits per heavy atom. The molecule has 0 saturated carbocycles. The van der Waals surface area contributed by atoms with E-state index >= 15 is 0 Å². The van der Waals surface area contributed by atoms with Crippen molar-refractivity contribution in [2.45, 2.75) is 24.1 Å². The summed E-state index contributed by atoms with van der Waals surface area (Å²) in [4.78, 5) is 25.9. The quantitative estimate of drug-likeness (QED) is 0.802. The van der Waals surface area contributed by atoms with Gasteiger partial charge < -0.3 is 10.0 Å². The van der Waals surface area contributed by atoms with E-state index in [1.165, 1.54) is 10.5 Å². The Morgan fingerprint density at radius 1 is 1.08 bits per heavy atom. The van der Waals surface area contributed by atoms with Crippen molar-refractivity contribution in [3.05, 3.63) is 71.3 Å². The average molecular weight is 388 g/mol. The maximum atomic E-state index is 13.0. The Balaban J connectivity index is 1.80. The first kappa shape index (κ1) is 18.9. The van der Waals surface area contributed by atoms with Crippen LogP contribution in [0.1, 0.15) is 33.0 Å². The highest BCUT2D eigenvalue weighted by Crippen LogP contribution is 2.45. The number of hydrogen-bond acceptors (Lipinski definition) is 4. The molecule has 136 valence electrons. The molecule has 1 unspecified atom stereocenters. The van der Waals surface area contributed by atoms with Crippen LogP contribution in [-0.4, -0.2) is 39.4 Å². The highest BCUT2D eigenvalue weighted by molar-refractivity contribution is 8.19. The number of carbonyl (C=O) groups excluding carboxylic acids is 1. The van der Waals surface area contributed by atoms with Gasteiger partial charge in [-0.15, -0.1) is 23.5 Å². The highest BCUT2D eigenvalue weighted by atomic mass is 32.2. The number of hydrogen-bond donors (Lipinski definition) is 1. The van der Waals surface area contributed by atoms with Crippen molar-refractivity contribution in [1.82, 2.24) is 4.90 Å². The second-order valence-corrected chi connectivity index (χ2v) is 8.85. The van der Waals surface area contributed by atoms with Crippen molar-refractivity contribution >= 4 is 35.4 Å². The molecule has 1 atom stereocenters. The lowest BCUT2D eigenvalue weighted by Gasteiger charge is -2.27. The number of nitrogens with zero attached hydrogens (tertiary/aromatic N) is 1. The van der Waals surface area contributed by atoms with Gasteiger partial charge in [0.2, 0.25) is 0 Å². The van der Waals surface area contributed by atoms with Crippen molar-refractivity contribution in [2.24, 2.45) is 0 Å². The molecule has 0 aliphatic carbocycles. The zero-order valence-electron chi connectivity index (χ0n) is 14.5. The Labute approximate surface area is 162 Å². The summed E-state index contributed by atoms with van der Waals surface area (Å²) in [5, 5.41) is 9.41. The summed E-state index contributed by atoms with van der Waals surface area (Å²) in [5.74, 6) is 1.03.